The molecule has 1 heterocycles. The van der Waals surface area contributed by atoms with Gasteiger partial charge in [-0.2, -0.15) is 0 Å². The zero-order valence-electron chi connectivity index (χ0n) is 13.0. The monoisotopic (exact) mass is 284 g/mol. The normalized spacial score (nSPS) is 25.0. The van der Waals surface area contributed by atoms with Gasteiger partial charge in [0.25, 0.3) is 0 Å². The summed E-state index contributed by atoms with van der Waals surface area (Å²) in [5, 5.41) is 8.48. The maximum absolute atomic E-state index is 12.1. The van der Waals surface area contributed by atoms with Crippen LogP contribution >= 0.6 is 0 Å². The Kier molecular flexibility index (Phi) is 6.95. The van der Waals surface area contributed by atoms with Crippen LogP contribution in [-0.2, 0) is 4.79 Å². The first-order valence-corrected chi connectivity index (χ1v) is 7.61. The van der Waals surface area contributed by atoms with E-state index < -0.39 is 6.03 Å². The van der Waals surface area contributed by atoms with Crippen molar-refractivity contribution in [3.63, 3.8) is 0 Å². The molecule has 3 N–H and O–H groups in total. The van der Waals surface area contributed by atoms with Crippen molar-refractivity contribution >= 4 is 11.9 Å². The second-order valence-corrected chi connectivity index (χ2v) is 5.30. The predicted octanol–water partition coefficient (Wildman–Crippen LogP) is 0.683. The Bertz CT molecular complexity index is 335. The van der Waals surface area contributed by atoms with Crippen molar-refractivity contribution in [2.24, 2.45) is 0 Å². The lowest BCUT2D eigenvalue weighted by atomic mass is 10.0. The predicted molar refractivity (Wildman–Crippen MR) is 79.5 cm³/mol. The summed E-state index contributed by atoms with van der Waals surface area (Å²) < 4.78 is 0. The number of urea groups is 1. The van der Waals surface area contributed by atoms with Crippen molar-refractivity contribution in [1.82, 2.24) is 20.9 Å². The fourth-order valence-electron chi connectivity index (χ4n) is 2.59. The standard InChI is InChI=1S/C14H28N4O2/c1-5-11-9-18(12(6-2)8-16-11)10(4)13(19)17-14(20)15-7-3/h10-12,16H,5-9H2,1-4H3,(H2,15,17,19,20). The number of piperazine rings is 1. The van der Waals surface area contributed by atoms with Gasteiger partial charge in [0.1, 0.15) is 0 Å². The van der Waals surface area contributed by atoms with Gasteiger partial charge in [-0.1, -0.05) is 13.8 Å². The van der Waals surface area contributed by atoms with Gasteiger partial charge in [0.2, 0.25) is 5.91 Å². The van der Waals surface area contributed by atoms with Gasteiger partial charge in [0, 0.05) is 31.7 Å². The fourth-order valence-corrected chi connectivity index (χ4v) is 2.59. The van der Waals surface area contributed by atoms with Crippen LogP contribution in [0, 0.1) is 0 Å². The number of nitrogens with one attached hydrogen (secondary N) is 3. The Morgan fingerprint density at radius 1 is 1.30 bits per heavy atom. The Hall–Kier alpha value is -1.14. The van der Waals surface area contributed by atoms with Crippen molar-refractivity contribution in [3.8, 4) is 0 Å². The van der Waals surface area contributed by atoms with Gasteiger partial charge in [0.05, 0.1) is 6.04 Å². The van der Waals surface area contributed by atoms with Gasteiger partial charge in [-0.3, -0.25) is 15.0 Å². The summed E-state index contributed by atoms with van der Waals surface area (Å²) in [5.74, 6) is -0.230. The molecule has 0 bridgehead atoms. The van der Waals surface area contributed by atoms with Gasteiger partial charge in [-0.15, -0.1) is 0 Å². The lowest BCUT2D eigenvalue weighted by molar-refractivity contribution is -0.126. The molecule has 1 aliphatic rings. The minimum atomic E-state index is -0.417. The summed E-state index contributed by atoms with van der Waals surface area (Å²) in [6.07, 6.45) is 2.03. The van der Waals surface area contributed by atoms with E-state index in [1.807, 2.05) is 13.8 Å². The lowest BCUT2D eigenvalue weighted by Crippen LogP contribution is -2.61. The molecule has 0 radical (unpaired) electrons. The van der Waals surface area contributed by atoms with Gasteiger partial charge in [-0.05, 0) is 26.7 Å². The zero-order chi connectivity index (χ0) is 15.1. The molecular weight excluding hydrogens is 256 g/mol. The van der Waals surface area contributed by atoms with E-state index in [-0.39, 0.29) is 11.9 Å². The third kappa shape index (κ3) is 4.45. The van der Waals surface area contributed by atoms with Crippen LogP contribution in [0.4, 0.5) is 4.79 Å². The zero-order valence-corrected chi connectivity index (χ0v) is 13.0. The third-order valence-electron chi connectivity index (χ3n) is 3.96. The number of imide groups is 1. The van der Waals surface area contributed by atoms with E-state index in [0.29, 0.717) is 18.6 Å². The highest BCUT2D eigenvalue weighted by atomic mass is 16.2. The molecule has 6 heteroatoms. The number of hydrogen-bond acceptors (Lipinski definition) is 4. The van der Waals surface area contributed by atoms with E-state index in [1.165, 1.54) is 0 Å². The van der Waals surface area contributed by atoms with Crippen molar-refractivity contribution in [2.45, 2.75) is 58.7 Å². The highest BCUT2D eigenvalue weighted by molar-refractivity contribution is 5.96. The average molecular weight is 284 g/mol. The molecule has 1 rings (SSSR count). The quantitative estimate of drug-likeness (QED) is 0.694. The summed E-state index contributed by atoms with van der Waals surface area (Å²) in [6.45, 7) is 10.2. The van der Waals surface area contributed by atoms with Gasteiger partial charge < -0.3 is 10.6 Å². The summed E-state index contributed by atoms with van der Waals surface area (Å²) in [5.41, 5.74) is 0. The smallest absolute Gasteiger partial charge is 0.321 e. The molecule has 116 valence electrons. The number of nitrogens with zero attached hydrogens (tertiary/aromatic N) is 1. The Morgan fingerprint density at radius 3 is 2.55 bits per heavy atom. The van der Waals surface area contributed by atoms with Crippen LogP contribution in [0.5, 0.6) is 0 Å². The molecule has 0 aromatic heterocycles. The first kappa shape index (κ1) is 16.9. The minimum absolute atomic E-state index is 0.230. The van der Waals surface area contributed by atoms with Gasteiger partial charge in [0.15, 0.2) is 0 Å². The van der Waals surface area contributed by atoms with E-state index in [4.69, 9.17) is 0 Å². The minimum Gasteiger partial charge on any atom is -0.338 e. The molecule has 6 nitrogen and oxygen atoms in total. The molecule has 0 saturated carbocycles. The van der Waals surface area contributed by atoms with Crippen molar-refractivity contribution in [2.75, 3.05) is 19.6 Å². The molecular formula is C14H28N4O2. The molecule has 3 unspecified atom stereocenters. The van der Waals surface area contributed by atoms with Crippen LogP contribution in [0.1, 0.15) is 40.5 Å². The summed E-state index contributed by atoms with van der Waals surface area (Å²) in [4.78, 5) is 25.8. The summed E-state index contributed by atoms with van der Waals surface area (Å²) in [7, 11) is 0. The SMILES string of the molecule is CCNC(=O)NC(=O)C(C)N1CC(CC)NCC1CC. The van der Waals surface area contributed by atoms with Gasteiger partial charge in [-0.25, -0.2) is 4.79 Å². The maximum Gasteiger partial charge on any atom is 0.321 e. The van der Waals surface area contributed by atoms with E-state index in [9.17, 15) is 9.59 Å². The number of carbonyl (C=O) groups excluding carboxylic acids is 2. The largest absolute Gasteiger partial charge is 0.338 e. The van der Waals surface area contributed by atoms with Gasteiger partial charge >= 0.3 is 6.03 Å². The topological polar surface area (TPSA) is 73.5 Å². The van der Waals surface area contributed by atoms with Crippen molar-refractivity contribution in [1.29, 1.82) is 0 Å². The lowest BCUT2D eigenvalue weighted by Gasteiger charge is -2.42. The average Bonchev–Trinajstić information content (AvgIpc) is 2.45. The Morgan fingerprint density at radius 2 is 2.00 bits per heavy atom. The summed E-state index contributed by atoms with van der Waals surface area (Å²) >= 11 is 0. The number of hydrogen-bond donors (Lipinski definition) is 3. The molecule has 0 aromatic carbocycles. The number of amides is 3. The molecule has 3 amide bonds. The molecule has 0 spiro atoms. The molecule has 1 saturated heterocycles. The van der Waals surface area contributed by atoms with Crippen LogP contribution in [0.15, 0.2) is 0 Å². The highest BCUT2D eigenvalue weighted by Crippen LogP contribution is 2.15. The Balaban J connectivity index is 2.63. The van der Waals surface area contributed by atoms with E-state index >= 15 is 0 Å². The van der Waals surface area contributed by atoms with Crippen LogP contribution in [-0.4, -0.2) is 54.6 Å². The second kappa shape index (κ2) is 8.21. The highest BCUT2D eigenvalue weighted by Gasteiger charge is 2.32. The van der Waals surface area contributed by atoms with Crippen LogP contribution in [0.3, 0.4) is 0 Å². The number of rotatable bonds is 5. The van der Waals surface area contributed by atoms with Crippen molar-refractivity contribution in [3.05, 3.63) is 0 Å². The molecule has 20 heavy (non-hydrogen) atoms. The first-order valence-electron chi connectivity index (χ1n) is 7.61. The van der Waals surface area contributed by atoms with E-state index in [2.05, 4.69) is 34.7 Å². The van der Waals surface area contributed by atoms with Crippen LogP contribution in [0.25, 0.3) is 0 Å². The Labute approximate surface area is 121 Å². The van der Waals surface area contributed by atoms with Crippen LogP contribution < -0.4 is 16.0 Å². The fraction of sp³-hybridized carbons (Fsp3) is 0.857. The molecule has 1 fully saturated rings. The maximum atomic E-state index is 12.1. The first-order chi connectivity index (χ1) is 9.53. The van der Waals surface area contributed by atoms with Crippen LogP contribution in [0.2, 0.25) is 0 Å². The van der Waals surface area contributed by atoms with E-state index in [0.717, 1.165) is 25.9 Å². The molecule has 0 aromatic rings. The second-order valence-electron chi connectivity index (χ2n) is 5.30. The summed E-state index contributed by atoms with van der Waals surface area (Å²) in [6, 6.07) is 0.0450. The molecule has 1 aliphatic heterocycles. The van der Waals surface area contributed by atoms with E-state index in [1.54, 1.807) is 0 Å². The van der Waals surface area contributed by atoms with Crippen molar-refractivity contribution < 1.29 is 9.59 Å². The molecule has 3 atom stereocenters. The third-order valence-corrected chi connectivity index (χ3v) is 3.96. The molecule has 0 aliphatic carbocycles. The number of carbonyl (C=O) groups is 2.